The minimum atomic E-state index is -0.372. The Labute approximate surface area is 133 Å². The molecule has 2 N–H and O–H groups in total. The van der Waals surface area contributed by atoms with Gasteiger partial charge in [0.25, 0.3) is 0 Å². The molecule has 0 fully saturated rings. The zero-order chi connectivity index (χ0) is 16.0. The molecule has 0 aliphatic carbocycles. The van der Waals surface area contributed by atoms with Gasteiger partial charge in [0.1, 0.15) is 5.82 Å². The second-order valence-electron chi connectivity index (χ2n) is 5.51. The molecule has 1 aromatic rings. The highest BCUT2D eigenvalue weighted by Crippen LogP contribution is 2.30. The Balaban J connectivity index is 3.06. The average Bonchev–Trinajstić information content (AvgIpc) is 2.49. The normalized spacial score (nSPS) is 13.7. The third-order valence-electron chi connectivity index (χ3n) is 4.78. The van der Waals surface area contributed by atoms with Gasteiger partial charge < -0.3 is 5.73 Å². The highest BCUT2D eigenvalue weighted by Gasteiger charge is 2.38. The van der Waals surface area contributed by atoms with Gasteiger partial charge in [-0.15, -0.1) is 0 Å². The van der Waals surface area contributed by atoms with Gasteiger partial charge in [-0.2, -0.15) is 0 Å². The Kier molecular flexibility index (Phi) is 7.11. The van der Waals surface area contributed by atoms with Gasteiger partial charge in [-0.25, -0.2) is 4.39 Å². The number of hydrogen-bond acceptors (Lipinski definition) is 2. The van der Waals surface area contributed by atoms with Crippen LogP contribution in [0.5, 0.6) is 0 Å². The van der Waals surface area contributed by atoms with Crippen LogP contribution in [0.15, 0.2) is 18.2 Å². The molecule has 0 saturated heterocycles. The number of nitrogens with zero attached hydrogens (tertiary/aromatic N) is 1. The summed E-state index contributed by atoms with van der Waals surface area (Å²) in [6.45, 7) is 10.6. The van der Waals surface area contributed by atoms with E-state index < -0.39 is 0 Å². The molecule has 1 rings (SSSR count). The molecular formula is C17H28ClFN2. The fourth-order valence-corrected chi connectivity index (χ4v) is 3.65. The van der Waals surface area contributed by atoms with Crippen LogP contribution in [-0.4, -0.2) is 29.6 Å². The van der Waals surface area contributed by atoms with Gasteiger partial charge >= 0.3 is 0 Å². The van der Waals surface area contributed by atoms with Gasteiger partial charge in [-0.1, -0.05) is 51.4 Å². The Morgan fingerprint density at radius 1 is 1.19 bits per heavy atom. The number of nitrogens with two attached hydrogens (primary N) is 1. The lowest BCUT2D eigenvalue weighted by atomic mass is 9.80. The molecule has 0 aliphatic rings. The van der Waals surface area contributed by atoms with E-state index in [1.54, 1.807) is 6.07 Å². The first kappa shape index (κ1) is 18.4. The minimum absolute atomic E-state index is 0.0703. The molecule has 0 heterocycles. The minimum Gasteiger partial charge on any atom is -0.326 e. The van der Waals surface area contributed by atoms with Crippen molar-refractivity contribution in [1.29, 1.82) is 0 Å². The number of rotatable bonds is 8. The SMILES string of the molecule is CCN(CC)C(CC)(CC)C(N)Cc1cccc(F)c1Cl. The second-order valence-corrected chi connectivity index (χ2v) is 5.88. The molecule has 0 bridgehead atoms. The molecule has 4 heteroatoms. The fourth-order valence-electron chi connectivity index (χ4n) is 3.44. The van der Waals surface area contributed by atoms with Crippen molar-refractivity contribution >= 4 is 11.6 Å². The van der Waals surface area contributed by atoms with Gasteiger partial charge in [0.05, 0.1) is 5.02 Å². The van der Waals surface area contributed by atoms with Crippen molar-refractivity contribution in [2.24, 2.45) is 5.73 Å². The summed E-state index contributed by atoms with van der Waals surface area (Å²) >= 11 is 6.08. The first-order valence-corrected chi connectivity index (χ1v) is 8.28. The third kappa shape index (κ3) is 3.77. The topological polar surface area (TPSA) is 29.3 Å². The number of hydrogen-bond donors (Lipinski definition) is 1. The molecule has 1 aromatic carbocycles. The Morgan fingerprint density at radius 2 is 1.76 bits per heavy atom. The average molecular weight is 315 g/mol. The second kappa shape index (κ2) is 8.11. The maximum absolute atomic E-state index is 13.6. The number of likely N-dealkylation sites (N-methyl/N-ethyl adjacent to an activating group) is 1. The number of benzene rings is 1. The zero-order valence-electron chi connectivity index (χ0n) is 13.6. The van der Waals surface area contributed by atoms with Crippen LogP contribution >= 0.6 is 11.6 Å². The van der Waals surface area contributed by atoms with E-state index >= 15 is 0 Å². The summed E-state index contributed by atoms with van der Waals surface area (Å²) in [5.41, 5.74) is 7.28. The van der Waals surface area contributed by atoms with Crippen molar-refractivity contribution in [2.75, 3.05) is 13.1 Å². The summed E-state index contributed by atoms with van der Waals surface area (Å²) < 4.78 is 13.6. The molecule has 0 aliphatic heterocycles. The van der Waals surface area contributed by atoms with Crippen LogP contribution < -0.4 is 5.73 Å². The Bertz CT molecular complexity index is 442. The van der Waals surface area contributed by atoms with Gasteiger partial charge in [-0.3, -0.25) is 4.90 Å². The summed E-state index contributed by atoms with van der Waals surface area (Å²) in [5, 5.41) is 0.202. The summed E-state index contributed by atoms with van der Waals surface area (Å²) in [5.74, 6) is -0.372. The molecule has 0 aromatic heterocycles. The number of halogens is 2. The molecule has 0 spiro atoms. The van der Waals surface area contributed by atoms with Crippen molar-refractivity contribution in [3.05, 3.63) is 34.6 Å². The summed E-state index contributed by atoms with van der Waals surface area (Å²) in [6.07, 6.45) is 2.54. The van der Waals surface area contributed by atoms with Crippen molar-refractivity contribution in [3.63, 3.8) is 0 Å². The molecule has 0 radical (unpaired) electrons. The Morgan fingerprint density at radius 3 is 2.24 bits per heavy atom. The van der Waals surface area contributed by atoms with Gasteiger partial charge in [0.15, 0.2) is 0 Å². The molecule has 120 valence electrons. The quantitative estimate of drug-likeness (QED) is 0.777. The summed E-state index contributed by atoms with van der Waals surface area (Å²) in [6, 6.07) is 4.87. The van der Waals surface area contributed by atoms with E-state index in [0.717, 1.165) is 31.5 Å². The van der Waals surface area contributed by atoms with Crippen LogP contribution in [0.2, 0.25) is 5.02 Å². The van der Waals surface area contributed by atoms with Gasteiger partial charge in [0, 0.05) is 11.6 Å². The fraction of sp³-hybridized carbons (Fsp3) is 0.647. The van der Waals surface area contributed by atoms with Crippen LogP contribution in [0, 0.1) is 5.82 Å². The van der Waals surface area contributed by atoms with Crippen LogP contribution in [0.25, 0.3) is 0 Å². The van der Waals surface area contributed by atoms with E-state index in [4.69, 9.17) is 17.3 Å². The van der Waals surface area contributed by atoms with Crippen LogP contribution in [0.1, 0.15) is 46.1 Å². The molecule has 21 heavy (non-hydrogen) atoms. The summed E-state index contributed by atoms with van der Waals surface area (Å²) in [4.78, 5) is 2.42. The van der Waals surface area contributed by atoms with Crippen LogP contribution in [0.3, 0.4) is 0 Å². The molecule has 0 saturated carbocycles. The van der Waals surface area contributed by atoms with Gasteiger partial charge in [0.2, 0.25) is 0 Å². The summed E-state index contributed by atoms with van der Waals surface area (Å²) in [7, 11) is 0. The zero-order valence-corrected chi connectivity index (χ0v) is 14.4. The maximum atomic E-state index is 13.6. The monoisotopic (exact) mass is 314 g/mol. The van der Waals surface area contributed by atoms with E-state index in [-0.39, 0.29) is 22.4 Å². The smallest absolute Gasteiger partial charge is 0.142 e. The first-order valence-electron chi connectivity index (χ1n) is 7.90. The van der Waals surface area contributed by atoms with Crippen molar-refractivity contribution < 1.29 is 4.39 Å². The standard InChI is InChI=1S/C17H28ClFN2/c1-5-17(6-2,21(7-3)8-4)15(20)12-13-10-9-11-14(19)16(13)18/h9-11,15H,5-8,12,20H2,1-4H3. The molecular weight excluding hydrogens is 287 g/mol. The lowest BCUT2D eigenvalue weighted by Crippen LogP contribution is -2.60. The van der Waals surface area contributed by atoms with E-state index in [9.17, 15) is 4.39 Å². The van der Waals surface area contributed by atoms with E-state index in [1.807, 2.05) is 6.07 Å². The van der Waals surface area contributed by atoms with Crippen molar-refractivity contribution in [3.8, 4) is 0 Å². The van der Waals surface area contributed by atoms with Crippen molar-refractivity contribution in [1.82, 2.24) is 4.90 Å². The third-order valence-corrected chi connectivity index (χ3v) is 5.20. The highest BCUT2D eigenvalue weighted by molar-refractivity contribution is 6.31. The largest absolute Gasteiger partial charge is 0.326 e. The molecule has 1 atom stereocenters. The Hall–Kier alpha value is -0.640. The molecule has 0 amide bonds. The predicted octanol–water partition coefficient (Wildman–Crippen LogP) is 4.25. The maximum Gasteiger partial charge on any atom is 0.142 e. The molecule has 1 unspecified atom stereocenters. The lowest BCUT2D eigenvalue weighted by molar-refractivity contribution is 0.0628. The van der Waals surface area contributed by atoms with Crippen LogP contribution in [0.4, 0.5) is 4.39 Å². The van der Waals surface area contributed by atoms with Crippen molar-refractivity contribution in [2.45, 2.75) is 58.5 Å². The van der Waals surface area contributed by atoms with Gasteiger partial charge in [-0.05, 0) is 44.0 Å². The highest BCUT2D eigenvalue weighted by atomic mass is 35.5. The predicted molar refractivity (Wildman–Crippen MR) is 89.3 cm³/mol. The van der Waals surface area contributed by atoms with E-state index in [2.05, 4.69) is 32.6 Å². The van der Waals surface area contributed by atoms with Crippen LogP contribution in [-0.2, 0) is 6.42 Å². The van der Waals surface area contributed by atoms with E-state index in [1.165, 1.54) is 6.07 Å². The molecule has 2 nitrogen and oxygen atoms in total. The first-order chi connectivity index (χ1) is 9.96. The lowest BCUT2D eigenvalue weighted by Gasteiger charge is -2.46. The van der Waals surface area contributed by atoms with E-state index in [0.29, 0.717) is 6.42 Å².